The fourth-order valence-electron chi connectivity index (χ4n) is 3.71. The molecular weight excluding hydrogens is 276 g/mol. The molecule has 1 aromatic rings. The van der Waals surface area contributed by atoms with Crippen LogP contribution in [0.25, 0.3) is 0 Å². The molecule has 1 fully saturated rings. The second-order valence-electron chi connectivity index (χ2n) is 6.72. The van der Waals surface area contributed by atoms with E-state index in [1.807, 2.05) is 11.3 Å². The lowest BCUT2D eigenvalue weighted by Crippen LogP contribution is -2.40. The number of rotatable bonds is 8. The van der Waals surface area contributed by atoms with Crippen LogP contribution in [0.3, 0.4) is 0 Å². The Balaban J connectivity index is 1.90. The van der Waals surface area contributed by atoms with Crippen LogP contribution in [0.4, 0.5) is 0 Å². The lowest BCUT2D eigenvalue weighted by molar-refractivity contribution is 0.212. The number of hydrogen-bond acceptors (Lipinski definition) is 3. The van der Waals surface area contributed by atoms with Crippen molar-refractivity contribution in [2.24, 2.45) is 11.8 Å². The first-order chi connectivity index (χ1) is 10.2. The van der Waals surface area contributed by atoms with Crippen LogP contribution < -0.4 is 5.32 Å². The lowest BCUT2D eigenvalue weighted by Gasteiger charge is -2.34. The average Bonchev–Trinajstić information content (AvgIpc) is 2.90. The van der Waals surface area contributed by atoms with Crippen LogP contribution in [0.5, 0.6) is 0 Å². The summed E-state index contributed by atoms with van der Waals surface area (Å²) in [5.74, 6) is 1.86. The molecule has 0 aromatic carbocycles. The van der Waals surface area contributed by atoms with Gasteiger partial charge in [-0.1, -0.05) is 39.5 Å². The highest BCUT2D eigenvalue weighted by molar-refractivity contribution is 7.09. The maximum Gasteiger partial charge on any atom is 0.0943 e. The van der Waals surface area contributed by atoms with Crippen molar-refractivity contribution >= 4 is 11.3 Å². The Morgan fingerprint density at radius 3 is 2.57 bits per heavy atom. The van der Waals surface area contributed by atoms with Crippen LogP contribution in [0.1, 0.15) is 69.5 Å². The molecule has 0 bridgehead atoms. The second-order valence-corrected chi connectivity index (χ2v) is 7.66. The van der Waals surface area contributed by atoms with Gasteiger partial charge < -0.3 is 5.32 Å². The van der Waals surface area contributed by atoms with Gasteiger partial charge in [0.2, 0.25) is 0 Å². The third kappa shape index (κ3) is 5.37. The van der Waals surface area contributed by atoms with Crippen molar-refractivity contribution in [2.75, 3.05) is 6.54 Å². The molecule has 120 valence electrons. The van der Waals surface area contributed by atoms with Crippen LogP contribution >= 0.6 is 11.3 Å². The monoisotopic (exact) mass is 308 g/mol. The fraction of sp³-hybridized carbons (Fsp3) is 0.833. The van der Waals surface area contributed by atoms with E-state index in [0.29, 0.717) is 6.04 Å². The largest absolute Gasteiger partial charge is 0.313 e. The Morgan fingerprint density at radius 1 is 1.24 bits per heavy atom. The molecule has 1 atom stereocenters. The number of hydrogen-bond donors (Lipinski definition) is 1. The van der Waals surface area contributed by atoms with Crippen molar-refractivity contribution in [2.45, 2.75) is 78.2 Å². The molecule has 21 heavy (non-hydrogen) atoms. The van der Waals surface area contributed by atoms with E-state index in [-0.39, 0.29) is 0 Å². The van der Waals surface area contributed by atoms with E-state index in [1.165, 1.54) is 55.6 Å². The zero-order valence-corrected chi connectivity index (χ0v) is 14.8. The smallest absolute Gasteiger partial charge is 0.0943 e. The summed E-state index contributed by atoms with van der Waals surface area (Å²) in [5.41, 5.74) is 1.18. The molecule has 0 spiro atoms. The van der Waals surface area contributed by atoms with E-state index in [9.17, 15) is 0 Å². The number of aryl methyl sites for hydroxylation is 1. The van der Waals surface area contributed by atoms with Gasteiger partial charge in [0.25, 0.3) is 0 Å². The highest BCUT2D eigenvalue weighted by atomic mass is 32.1. The quantitative estimate of drug-likeness (QED) is 0.733. The van der Waals surface area contributed by atoms with Crippen molar-refractivity contribution in [3.05, 3.63) is 16.1 Å². The molecule has 1 aliphatic rings. The summed E-state index contributed by atoms with van der Waals surface area (Å²) in [6.07, 6.45) is 10.9. The Bertz CT molecular complexity index is 394. The third-order valence-corrected chi connectivity index (χ3v) is 5.86. The molecule has 0 aliphatic heterocycles. The molecule has 2 nitrogen and oxygen atoms in total. The molecule has 1 saturated carbocycles. The van der Waals surface area contributed by atoms with Crippen LogP contribution in [0.2, 0.25) is 0 Å². The lowest BCUT2D eigenvalue weighted by atomic mass is 9.76. The van der Waals surface area contributed by atoms with E-state index in [2.05, 4.69) is 36.5 Å². The molecule has 1 unspecified atom stereocenters. The molecule has 0 radical (unpaired) electrons. The van der Waals surface area contributed by atoms with E-state index in [0.717, 1.165) is 24.8 Å². The van der Waals surface area contributed by atoms with Crippen molar-refractivity contribution in [1.29, 1.82) is 0 Å². The molecule has 0 amide bonds. The molecule has 0 saturated heterocycles. The molecule has 1 aromatic heterocycles. The number of nitrogens with zero attached hydrogens (tertiary/aromatic N) is 1. The summed E-state index contributed by atoms with van der Waals surface area (Å²) in [7, 11) is 0. The van der Waals surface area contributed by atoms with Crippen molar-refractivity contribution < 1.29 is 0 Å². The van der Waals surface area contributed by atoms with E-state index in [1.54, 1.807) is 0 Å². The SMILES string of the molecule is CCCNC(Cc1nc(C)cs1)C1CCC(CCC)CC1. The number of nitrogens with one attached hydrogen (secondary N) is 1. The summed E-state index contributed by atoms with van der Waals surface area (Å²) < 4.78 is 0. The number of thiazole rings is 1. The molecule has 3 heteroatoms. The third-order valence-electron chi connectivity index (χ3n) is 4.88. The number of aromatic nitrogens is 1. The van der Waals surface area contributed by atoms with Crippen LogP contribution in [-0.4, -0.2) is 17.6 Å². The molecule has 2 rings (SSSR count). The first-order valence-electron chi connectivity index (χ1n) is 8.87. The van der Waals surface area contributed by atoms with Crippen molar-refractivity contribution in [3.63, 3.8) is 0 Å². The summed E-state index contributed by atoms with van der Waals surface area (Å²) >= 11 is 1.83. The highest BCUT2D eigenvalue weighted by Gasteiger charge is 2.27. The summed E-state index contributed by atoms with van der Waals surface area (Å²) in [6.45, 7) is 7.83. The van der Waals surface area contributed by atoms with Crippen molar-refractivity contribution in [3.8, 4) is 0 Å². The van der Waals surface area contributed by atoms with Crippen molar-refractivity contribution in [1.82, 2.24) is 10.3 Å². The Labute approximate surface area is 134 Å². The van der Waals surface area contributed by atoms with Gasteiger partial charge in [-0.2, -0.15) is 0 Å². The molecule has 1 aliphatic carbocycles. The zero-order valence-electron chi connectivity index (χ0n) is 14.0. The summed E-state index contributed by atoms with van der Waals surface area (Å²) in [6, 6.07) is 0.637. The average molecular weight is 309 g/mol. The van der Waals surface area contributed by atoms with Gasteiger partial charge in [0.1, 0.15) is 0 Å². The van der Waals surface area contributed by atoms with Gasteiger partial charge in [-0.3, -0.25) is 0 Å². The first-order valence-corrected chi connectivity index (χ1v) is 9.75. The normalized spacial score (nSPS) is 24.1. The van der Waals surface area contributed by atoms with E-state index in [4.69, 9.17) is 0 Å². The minimum atomic E-state index is 0.637. The minimum absolute atomic E-state index is 0.637. The van der Waals surface area contributed by atoms with Gasteiger partial charge in [-0.15, -0.1) is 11.3 Å². The molecule has 1 heterocycles. The minimum Gasteiger partial charge on any atom is -0.313 e. The maximum absolute atomic E-state index is 4.68. The van der Waals surface area contributed by atoms with E-state index < -0.39 is 0 Å². The second kappa shape index (κ2) is 8.89. The topological polar surface area (TPSA) is 24.9 Å². The van der Waals surface area contributed by atoms with Gasteiger partial charge in [-0.05, 0) is 44.6 Å². The molecule has 1 N–H and O–H groups in total. The fourth-order valence-corrected chi connectivity index (χ4v) is 4.54. The predicted octanol–water partition coefficient (Wildman–Crippen LogP) is 4.97. The summed E-state index contributed by atoms with van der Waals surface area (Å²) in [4.78, 5) is 4.68. The Morgan fingerprint density at radius 2 is 2.00 bits per heavy atom. The van der Waals surface area contributed by atoms with Crippen LogP contribution in [0.15, 0.2) is 5.38 Å². The zero-order chi connectivity index (χ0) is 15.1. The molecular formula is C18H32N2S. The van der Waals surface area contributed by atoms with Crippen LogP contribution in [-0.2, 0) is 6.42 Å². The summed E-state index contributed by atoms with van der Waals surface area (Å²) in [5, 5.41) is 7.31. The standard InChI is InChI=1S/C18H32N2S/c1-4-6-15-7-9-16(10-8-15)17(19-11-5-2)12-18-20-14(3)13-21-18/h13,15-17,19H,4-12H2,1-3H3. The van der Waals surface area contributed by atoms with Gasteiger partial charge in [0, 0.05) is 23.5 Å². The first kappa shape index (κ1) is 17.0. The van der Waals surface area contributed by atoms with Gasteiger partial charge in [0.05, 0.1) is 5.01 Å². The highest BCUT2D eigenvalue weighted by Crippen LogP contribution is 2.34. The van der Waals surface area contributed by atoms with Gasteiger partial charge >= 0.3 is 0 Å². The van der Waals surface area contributed by atoms with Gasteiger partial charge in [-0.25, -0.2) is 4.98 Å². The van der Waals surface area contributed by atoms with Gasteiger partial charge in [0.15, 0.2) is 0 Å². The Hall–Kier alpha value is -0.410. The van der Waals surface area contributed by atoms with E-state index >= 15 is 0 Å². The Kier molecular flexibility index (Phi) is 7.18. The maximum atomic E-state index is 4.68. The van der Waals surface area contributed by atoms with Crippen LogP contribution in [0, 0.1) is 18.8 Å². The predicted molar refractivity (Wildman–Crippen MR) is 93.0 cm³/mol.